The maximum Gasteiger partial charge on any atom is 0.223 e. The van der Waals surface area contributed by atoms with Crippen LogP contribution in [0.25, 0.3) is 0 Å². The van der Waals surface area contributed by atoms with Crippen LogP contribution in [0.3, 0.4) is 0 Å². The number of piperidine rings is 1. The van der Waals surface area contributed by atoms with Gasteiger partial charge in [0.15, 0.2) is 0 Å². The van der Waals surface area contributed by atoms with Gasteiger partial charge in [0.05, 0.1) is 0 Å². The van der Waals surface area contributed by atoms with Gasteiger partial charge >= 0.3 is 0 Å². The third-order valence-electron chi connectivity index (χ3n) is 10.4. The van der Waals surface area contributed by atoms with Gasteiger partial charge in [-0.25, -0.2) is 0 Å². The van der Waals surface area contributed by atoms with E-state index < -0.39 is 0 Å². The van der Waals surface area contributed by atoms with E-state index in [-0.39, 0.29) is 22.7 Å². The van der Waals surface area contributed by atoms with Crippen molar-refractivity contribution in [2.24, 2.45) is 34.5 Å². The number of amides is 2. The Bertz CT molecular complexity index is 869. The van der Waals surface area contributed by atoms with Crippen molar-refractivity contribution in [2.75, 3.05) is 6.54 Å². The molecule has 4 aliphatic rings. The van der Waals surface area contributed by atoms with E-state index in [4.69, 9.17) is 0 Å². The minimum absolute atomic E-state index is 0.125. The number of benzene rings is 1. The van der Waals surface area contributed by atoms with Crippen LogP contribution >= 0.6 is 0 Å². The number of nitrogens with one attached hydrogen (secondary N) is 1. The van der Waals surface area contributed by atoms with Crippen molar-refractivity contribution >= 4 is 11.8 Å². The Morgan fingerprint density at radius 3 is 2.50 bits per heavy atom. The quantitative estimate of drug-likeness (QED) is 0.708. The molecule has 4 heteroatoms. The lowest BCUT2D eigenvalue weighted by molar-refractivity contribution is -0.162. The van der Waals surface area contributed by atoms with Crippen LogP contribution in [0.5, 0.6) is 0 Å². The molecule has 1 saturated heterocycles. The normalized spacial score (nSPS) is 40.9. The van der Waals surface area contributed by atoms with Crippen molar-refractivity contribution in [1.82, 2.24) is 10.2 Å². The maximum atomic E-state index is 13.3. The van der Waals surface area contributed by atoms with Crippen LogP contribution in [0, 0.1) is 34.5 Å². The molecule has 7 atom stereocenters. The molecule has 4 fully saturated rings. The van der Waals surface area contributed by atoms with Crippen LogP contribution in [0.15, 0.2) is 30.3 Å². The van der Waals surface area contributed by atoms with Gasteiger partial charge in [-0.3, -0.25) is 9.59 Å². The van der Waals surface area contributed by atoms with Crippen molar-refractivity contribution in [2.45, 2.75) is 84.7 Å². The molecule has 0 radical (unpaired) electrons. The van der Waals surface area contributed by atoms with Gasteiger partial charge in [0.25, 0.3) is 0 Å². The van der Waals surface area contributed by atoms with Crippen molar-refractivity contribution in [3.63, 3.8) is 0 Å². The minimum Gasteiger partial charge on any atom is -0.352 e. The molecule has 1 aromatic carbocycles. The summed E-state index contributed by atoms with van der Waals surface area (Å²) in [6, 6.07) is 10.7. The van der Waals surface area contributed by atoms with Gasteiger partial charge < -0.3 is 10.2 Å². The number of nitrogens with zero attached hydrogens (tertiary/aromatic N) is 1. The summed E-state index contributed by atoms with van der Waals surface area (Å²) in [5.74, 6) is 2.84. The van der Waals surface area contributed by atoms with Crippen LogP contribution in [0.1, 0.15) is 77.7 Å². The third kappa shape index (κ3) is 3.31. The van der Waals surface area contributed by atoms with Crippen LogP contribution in [-0.4, -0.2) is 29.3 Å². The largest absolute Gasteiger partial charge is 0.352 e. The van der Waals surface area contributed by atoms with Crippen molar-refractivity contribution in [3.05, 3.63) is 35.9 Å². The van der Waals surface area contributed by atoms with Gasteiger partial charge in [0, 0.05) is 31.5 Å². The van der Waals surface area contributed by atoms with E-state index in [1.807, 2.05) is 18.2 Å². The molecule has 0 spiro atoms. The van der Waals surface area contributed by atoms with E-state index in [1.54, 1.807) is 0 Å². The SMILES string of the molecule is CCN1C(=O)CC[C@]2(C)[C@H]3CC[C@]4(C)[C@@H](C(=O)NCc5ccccc5)CC[C@H]4[C@@H]3CC[C@@H]12. The molecule has 3 aliphatic carbocycles. The number of hydrogen-bond acceptors (Lipinski definition) is 2. The predicted molar refractivity (Wildman–Crippen MR) is 127 cm³/mol. The zero-order chi connectivity index (χ0) is 22.5. The fraction of sp³-hybridized carbons (Fsp3) is 0.714. The molecule has 4 nitrogen and oxygen atoms in total. The number of rotatable bonds is 4. The highest BCUT2D eigenvalue weighted by Gasteiger charge is 2.62. The summed E-state index contributed by atoms with van der Waals surface area (Å²) in [7, 11) is 0. The van der Waals surface area contributed by atoms with E-state index in [9.17, 15) is 9.59 Å². The summed E-state index contributed by atoms with van der Waals surface area (Å²) in [6.45, 7) is 8.53. The van der Waals surface area contributed by atoms with Crippen LogP contribution < -0.4 is 5.32 Å². The molecule has 2 amide bonds. The molecule has 174 valence electrons. The van der Waals surface area contributed by atoms with Crippen LogP contribution in [0.2, 0.25) is 0 Å². The van der Waals surface area contributed by atoms with Crippen molar-refractivity contribution in [1.29, 1.82) is 0 Å². The average molecular weight is 437 g/mol. The van der Waals surface area contributed by atoms with Gasteiger partial charge in [0.2, 0.25) is 11.8 Å². The summed E-state index contributed by atoms with van der Waals surface area (Å²) < 4.78 is 0. The fourth-order valence-corrected chi connectivity index (χ4v) is 8.73. The summed E-state index contributed by atoms with van der Waals surface area (Å²) in [6.07, 6.45) is 8.75. The Labute approximate surface area is 193 Å². The Balaban J connectivity index is 1.32. The van der Waals surface area contributed by atoms with Crippen LogP contribution in [-0.2, 0) is 16.1 Å². The molecule has 0 unspecified atom stereocenters. The maximum absolute atomic E-state index is 13.3. The van der Waals surface area contributed by atoms with E-state index >= 15 is 0 Å². The number of hydrogen-bond donors (Lipinski definition) is 1. The Morgan fingerprint density at radius 1 is 1.00 bits per heavy atom. The van der Waals surface area contributed by atoms with Gasteiger partial charge in [-0.05, 0) is 86.0 Å². The molecule has 1 heterocycles. The predicted octanol–water partition coefficient (Wildman–Crippen LogP) is 5.17. The topological polar surface area (TPSA) is 49.4 Å². The number of likely N-dealkylation sites (tertiary alicyclic amines) is 1. The number of fused-ring (bicyclic) bond motifs is 5. The first-order valence-corrected chi connectivity index (χ1v) is 13.0. The number of carbonyl (C=O) groups excluding carboxylic acids is 2. The van der Waals surface area contributed by atoms with Gasteiger partial charge in [-0.2, -0.15) is 0 Å². The molecule has 32 heavy (non-hydrogen) atoms. The molecule has 3 saturated carbocycles. The molecule has 0 aromatic heterocycles. The summed E-state index contributed by atoms with van der Waals surface area (Å²) in [5.41, 5.74) is 1.55. The minimum atomic E-state index is 0.125. The Hall–Kier alpha value is -1.84. The van der Waals surface area contributed by atoms with E-state index in [0.29, 0.717) is 36.2 Å². The monoisotopic (exact) mass is 436 g/mol. The zero-order valence-electron chi connectivity index (χ0n) is 20.1. The second kappa shape index (κ2) is 8.18. The highest BCUT2D eigenvalue weighted by atomic mass is 16.2. The summed E-state index contributed by atoms with van der Waals surface area (Å²) in [5, 5.41) is 3.26. The molecule has 1 N–H and O–H groups in total. The molecular formula is C28H40N2O2. The molecule has 5 rings (SSSR count). The lowest BCUT2D eigenvalue weighted by Crippen LogP contribution is -2.62. The summed E-state index contributed by atoms with van der Waals surface area (Å²) in [4.78, 5) is 28.1. The van der Waals surface area contributed by atoms with Gasteiger partial charge in [0.1, 0.15) is 0 Å². The molecule has 0 bridgehead atoms. The molecule has 1 aromatic rings. The second-order valence-corrected chi connectivity index (χ2v) is 11.5. The second-order valence-electron chi connectivity index (χ2n) is 11.5. The standard InChI is InChI=1S/C28H40N2O2/c1-4-30-24-13-10-20-21-11-12-23(26(32)29-18-19-8-6-5-7-9-19)27(21,2)16-14-22(20)28(24,3)17-15-25(30)31/h5-9,20-24H,4,10-18H2,1-3H3,(H,29,32)/t20-,21-,22-,23+,24+,27-,28+/m0/s1. The van der Waals surface area contributed by atoms with E-state index in [1.165, 1.54) is 24.8 Å². The smallest absolute Gasteiger partial charge is 0.223 e. The first kappa shape index (κ1) is 22.0. The van der Waals surface area contributed by atoms with Gasteiger partial charge in [-0.15, -0.1) is 0 Å². The molecular weight excluding hydrogens is 396 g/mol. The highest BCUT2D eigenvalue weighted by Crippen LogP contribution is 2.66. The first-order valence-electron chi connectivity index (χ1n) is 13.0. The van der Waals surface area contributed by atoms with E-state index in [2.05, 4.69) is 43.1 Å². The third-order valence-corrected chi connectivity index (χ3v) is 10.4. The lowest BCUT2D eigenvalue weighted by atomic mass is 9.47. The zero-order valence-corrected chi connectivity index (χ0v) is 20.1. The first-order chi connectivity index (χ1) is 15.4. The Kier molecular flexibility index (Phi) is 5.62. The average Bonchev–Trinajstić information content (AvgIpc) is 3.16. The van der Waals surface area contributed by atoms with Crippen molar-refractivity contribution < 1.29 is 9.59 Å². The molecule has 1 aliphatic heterocycles. The van der Waals surface area contributed by atoms with Gasteiger partial charge in [-0.1, -0.05) is 44.2 Å². The Morgan fingerprint density at radius 2 is 1.75 bits per heavy atom. The summed E-state index contributed by atoms with van der Waals surface area (Å²) >= 11 is 0. The van der Waals surface area contributed by atoms with E-state index in [0.717, 1.165) is 38.6 Å². The van der Waals surface area contributed by atoms with Crippen LogP contribution in [0.4, 0.5) is 0 Å². The fourth-order valence-electron chi connectivity index (χ4n) is 8.73. The lowest BCUT2D eigenvalue weighted by Gasteiger charge is -2.62. The number of carbonyl (C=O) groups is 2. The van der Waals surface area contributed by atoms with Crippen molar-refractivity contribution in [3.8, 4) is 0 Å². The highest BCUT2D eigenvalue weighted by molar-refractivity contribution is 5.80.